The molecule has 23 heavy (non-hydrogen) atoms. The maximum atomic E-state index is 12.1. The summed E-state index contributed by atoms with van der Waals surface area (Å²) in [5.74, 6) is 2.86. The van der Waals surface area contributed by atoms with Gasteiger partial charge in [-0.2, -0.15) is 0 Å². The van der Waals surface area contributed by atoms with Gasteiger partial charge in [0.2, 0.25) is 5.78 Å². The fraction of sp³-hybridized carbons (Fsp3) is 0.389. The molecule has 0 saturated carbocycles. The van der Waals surface area contributed by atoms with E-state index in [0.717, 1.165) is 29.8 Å². The van der Waals surface area contributed by atoms with Crippen LogP contribution < -0.4 is 0 Å². The first-order chi connectivity index (χ1) is 11.1. The number of nitrogens with zero attached hydrogens (tertiary/aromatic N) is 3. The molecular formula is C18H21N3O2. The van der Waals surface area contributed by atoms with E-state index < -0.39 is 0 Å². The zero-order valence-electron chi connectivity index (χ0n) is 13.4. The van der Waals surface area contributed by atoms with E-state index in [4.69, 9.17) is 11.2 Å². The number of aromatic nitrogens is 3. The van der Waals surface area contributed by atoms with E-state index in [2.05, 4.69) is 22.2 Å². The molecule has 0 radical (unpaired) electrons. The molecule has 120 valence electrons. The lowest BCUT2D eigenvalue weighted by Gasteiger charge is -2.42. The number of ether oxygens (including phenoxy) is 1. The number of hydrogen-bond acceptors (Lipinski definition) is 4. The zero-order valence-corrected chi connectivity index (χ0v) is 13.4. The molecule has 0 unspecified atom stereocenters. The van der Waals surface area contributed by atoms with E-state index in [1.807, 2.05) is 30.7 Å². The molecule has 1 aliphatic rings. The molecule has 0 amide bonds. The lowest BCUT2D eigenvalue weighted by molar-refractivity contribution is -0.0611. The number of terminal acetylenes is 1. The minimum Gasteiger partial charge on any atom is -0.379 e. The Labute approximate surface area is 137 Å². The largest absolute Gasteiger partial charge is 0.379 e. The number of rotatable bonds is 5. The Morgan fingerprint density at radius 3 is 2.83 bits per heavy atom. The Kier molecular flexibility index (Phi) is 4.01. The van der Waals surface area contributed by atoms with E-state index in [0.29, 0.717) is 18.8 Å². The molecule has 5 nitrogen and oxygen atoms in total. The third-order valence-electron chi connectivity index (χ3n) is 4.54. The van der Waals surface area contributed by atoms with Crippen molar-refractivity contribution in [3.63, 3.8) is 0 Å². The monoisotopic (exact) mass is 311 g/mol. The molecule has 0 spiro atoms. The second-order valence-electron chi connectivity index (χ2n) is 6.01. The summed E-state index contributed by atoms with van der Waals surface area (Å²) in [4.78, 5) is 12.1. The van der Waals surface area contributed by atoms with Gasteiger partial charge in [0.1, 0.15) is 12.2 Å². The van der Waals surface area contributed by atoms with Crippen LogP contribution >= 0.6 is 0 Å². The van der Waals surface area contributed by atoms with Gasteiger partial charge in [0.15, 0.2) is 0 Å². The molecule has 0 atom stereocenters. The number of carbonyl (C=O) groups excluding carboxylic acids is 1. The lowest BCUT2D eigenvalue weighted by Crippen LogP contribution is -2.49. The molecule has 0 aliphatic carbocycles. The highest BCUT2D eigenvalue weighted by Crippen LogP contribution is 2.36. The van der Waals surface area contributed by atoms with Crippen LogP contribution in [-0.4, -0.2) is 33.8 Å². The quantitative estimate of drug-likeness (QED) is 0.481. The zero-order chi connectivity index (χ0) is 16.4. The second-order valence-corrected chi connectivity index (χ2v) is 6.01. The van der Waals surface area contributed by atoms with Gasteiger partial charge in [-0.05, 0) is 29.5 Å². The first-order valence-corrected chi connectivity index (χ1v) is 7.64. The van der Waals surface area contributed by atoms with Gasteiger partial charge in [0.25, 0.3) is 0 Å². The highest BCUT2D eigenvalue weighted by Gasteiger charge is 2.42. The van der Waals surface area contributed by atoms with Crippen molar-refractivity contribution in [2.75, 3.05) is 13.2 Å². The van der Waals surface area contributed by atoms with Crippen molar-refractivity contribution in [2.24, 2.45) is 7.05 Å². The summed E-state index contributed by atoms with van der Waals surface area (Å²) in [5, 5.41) is 8.11. The fourth-order valence-corrected chi connectivity index (χ4v) is 2.99. The van der Waals surface area contributed by atoms with Gasteiger partial charge in [-0.3, -0.25) is 4.79 Å². The maximum absolute atomic E-state index is 12.1. The van der Waals surface area contributed by atoms with E-state index in [1.54, 1.807) is 6.33 Å². The minimum absolute atomic E-state index is 0. The fourth-order valence-electron chi connectivity index (χ4n) is 2.99. The van der Waals surface area contributed by atoms with Crippen molar-refractivity contribution in [1.82, 2.24) is 14.8 Å². The van der Waals surface area contributed by atoms with Crippen LogP contribution in [0, 0.1) is 12.3 Å². The van der Waals surface area contributed by atoms with Crippen LogP contribution in [0.25, 0.3) is 0 Å². The van der Waals surface area contributed by atoms with Crippen molar-refractivity contribution < 1.29 is 11.0 Å². The van der Waals surface area contributed by atoms with E-state index in [9.17, 15) is 4.79 Å². The molecule has 5 heteroatoms. The highest BCUT2D eigenvalue weighted by atomic mass is 16.5. The average molecular weight is 311 g/mol. The Morgan fingerprint density at radius 2 is 2.30 bits per heavy atom. The number of benzene rings is 1. The van der Waals surface area contributed by atoms with Gasteiger partial charge in [-0.1, -0.05) is 19.1 Å². The van der Waals surface area contributed by atoms with Gasteiger partial charge in [-0.15, -0.1) is 16.6 Å². The summed E-state index contributed by atoms with van der Waals surface area (Å²) in [6.07, 6.45) is 8.50. The standard InChI is InChI=1S/C18H19N3O2.H2/c1-4-13-6-7-14(8-15(13)16(22)5-2)18(10-23-11-18)9-17-20-19-12-21(17)3;/h2,6-8,12H,4,9-11H2,1,3H3;1H. The molecule has 1 aromatic heterocycles. The topological polar surface area (TPSA) is 57.0 Å². The summed E-state index contributed by atoms with van der Waals surface area (Å²) in [6.45, 7) is 3.23. The van der Waals surface area contributed by atoms with Crippen molar-refractivity contribution in [1.29, 1.82) is 0 Å². The van der Waals surface area contributed by atoms with E-state index in [-0.39, 0.29) is 12.6 Å². The Bertz CT molecular complexity index is 788. The van der Waals surface area contributed by atoms with Gasteiger partial charge in [0.05, 0.1) is 13.2 Å². The maximum Gasteiger partial charge on any atom is 0.235 e. The van der Waals surface area contributed by atoms with Crippen LogP contribution in [0.3, 0.4) is 0 Å². The van der Waals surface area contributed by atoms with Crippen LogP contribution in [0.1, 0.15) is 35.7 Å². The predicted molar refractivity (Wildman–Crippen MR) is 88.3 cm³/mol. The summed E-state index contributed by atoms with van der Waals surface area (Å²) in [7, 11) is 1.93. The molecule has 0 N–H and O–H groups in total. The normalized spacial score (nSPS) is 15.7. The Hall–Kier alpha value is -2.45. The Morgan fingerprint density at radius 1 is 1.52 bits per heavy atom. The molecule has 2 aromatic rings. The number of Topliss-reactive ketones (excluding diaryl/α,β-unsaturated/α-hetero) is 1. The first-order valence-electron chi connectivity index (χ1n) is 7.64. The minimum atomic E-state index is -0.266. The molecule has 1 aliphatic heterocycles. The van der Waals surface area contributed by atoms with Gasteiger partial charge in [0, 0.05) is 25.9 Å². The summed E-state index contributed by atoms with van der Waals surface area (Å²) >= 11 is 0. The van der Waals surface area contributed by atoms with Crippen molar-refractivity contribution in [2.45, 2.75) is 25.2 Å². The Balaban J connectivity index is 0.00000208. The van der Waals surface area contributed by atoms with Crippen LogP contribution in [0.5, 0.6) is 0 Å². The molecule has 1 aromatic carbocycles. The highest BCUT2D eigenvalue weighted by molar-refractivity contribution is 6.09. The molecule has 2 heterocycles. The van der Waals surface area contributed by atoms with E-state index >= 15 is 0 Å². The number of carbonyl (C=O) groups is 1. The van der Waals surface area contributed by atoms with Crippen molar-refractivity contribution in [3.05, 3.63) is 47.0 Å². The molecular weight excluding hydrogens is 290 g/mol. The molecule has 1 fully saturated rings. The third kappa shape index (κ3) is 2.66. The van der Waals surface area contributed by atoms with Gasteiger partial charge < -0.3 is 9.30 Å². The van der Waals surface area contributed by atoms with Crippen LogP contribution in [-0.2, 0) is 30.0 Å². The summed E-state index contributed by atoms with van der Waals surface area (Å²) in [6, 6.07) is 6.00. The van der Waals surface area contributed by atoms with E-state index in [1.165, 1.54) is 0 Å². The molecule has 0 bridgehead atoms. The van der Waals surface area contributed by atoms with Crippen LogP contribution in [0.15, 0.2) is 24.5 Å². The predicted octanol–water partition coefficient (Wildman–Crippen LogP) is 1.95. The van der Waals surface area contributed by atoms with Gasteiger partial charge in [-0.25, -0.2) is 0 Å². The molecule has 3 rings (SSSR count). The number of ketones is 1. The average Bonchev–Trinajstić information content (AvgIpc) is 2.94. The first kappa shape index (κ1) is 15.4. The van der Waals surface area contributed by atoms with Crippen molar-refractivity contribution in [3.8, 4) is 12.3 Å². The summed E-state index contributed by atoms with van der Waals surface area (Å²) < 4.78 is 7.39. The second kappa shape index (κ2) is 5.98. The number of hydrogen-bond donors (Lipinski definition) is 0. The molecule has 1 saturated heterocycles. The van der Waals surface area contributed by atoms with Crippen LogP contribution in [0.2, 0.25) is 0 Å². The lowest BCUT2D eigenvalue weighted by atomic mass is 9.74. The van der Waals surface area contributed by atoms with Crippen LogP contribution in [0.4, 0.5) is 0 Å². The van der Waals surface area contributed by atoms with Gasteiger partial charge >= 0.3 is 0 Å². The van der Waals surface area contributed by atoms with Crippen molar-refractivity contribution >= 4 is 5.78 Å². The number of aryl methyl sites for hydroxylation is 2. The third-order valence-corrected chi connectivity index (χ3v) is 4.54. The summed E-state index contributed by atoms with van der Waals surface area (Å²) in [5.41, 5.74) is 2.50. The SMILES string of the molecule is C#CC(=O)c1cc(C2(Cc3nncn3C)COC2)ccc1CC.[HH]. The smallest absolute Gasteiger partial charge is 0.235 e.